The van der Waals surface area contributed by atoms with Gasteiger partial charge in [-0.15, -0.1) is 0 Å². The van der Waals surface area contributed by atoms with Crippen LogP contribution in [-0.4, -0.2) is 25.7 Å². The van der Waals surface area contributed by atoms with E-state index in [1.54, 1.807) is 24.3 Å². The molecule has 0 saturated carbocycles. The van der Waals surface area contributed by atoms with Crippen LogP contribution < -0.4 is 0 Å². The summed E-state index contributed by atoms with van der Waals surface area (Å²) < 4.78 is 22.7. The Hall–Kier alpha value is -1.38. The van der Waals surface area contributed by atoms with Crippen LogP contribution in [0.3, 0.4) is 0 Å². The average Bonchev–Trinajstić information content (AvgIpc) is 2.30. The molecule has 0 aromatic heterocycles. The number of Topliss-reactive ketones (excluding diaryl/α,β-unsaturated/α-hetero) is 1. The van der Waals surface area contributed by atoms with Gasteiger partial charge >= 0.3 is 0 Å². The third kappa shape index (κ3) is 3.31. The molecule has 2 atom stereocenters. The van der Waals surface area contributed by atoms with Crippen LogP contribution in [0, 0.1) is 11.3 Å². The summed E-state index contributed by atoms with van der Waals surface area (Å²) in [5, 5.41) is 8.32. The fourth-order valence-electron chi connectivity index (χ4n) is 1.40. The summed E-state index contributed by atoms with van der Waals surface area (Å²) in [5.41, 5.74) is 0.447. The van der Waals surface area contributed by atoms with E-state index in [2.05, 4.69) is 0 Å². The summed E-state index contributed by atoms with van der Waals surface area (Å²) in [7, 11) is -3.50. The Balaban J connectivity index is 3.09. The fourth-order valence-corrected chi connectivity index (χ4v) is 2.09. The smallest absolute Gasteiger partial charge is 0.172 e. The minimum atomic E-state index is -3.50. The van der Waals surface area contributed by atoms with E-state index in [0.717, 1.165) is 6.26 Å². The molecule has 1 aromatic rings. The van der Waals surface area contributed by atoms with Crippen molar-refractivity contribution in [3.8, 4) is 6.07 Å². The lowest BCUT2D eigenvalue weighted by Gasteiger charge is -2.13. The Labute approximate surface area is 111 Å². The maximum atomic E-state index is 12.0. The quantitative estimate of drug-likeness (QED) is 0.847. The maximum Gasteiger partial charge on any atom is 0.172 e. The molecule has 0 bridgehead atoms. The highest BCUT2D eigenvalue weighted by atomic mass is 35.5. The molecule has 1 rings (SSSR count). The standard InChI is InChI=1S/C12H12ClNO3S/c1-8(18(2,16)17)12(15)11(7-14)9-3-5-10(13)6-4-9/h3-6,8,11H,1-2H3. The first-order valence-electron chi connectivity index (χ1n) is 5.15. The molecule has 4 nitrogen and oxygen atoms in total. The largest absolute Gasteiger partial charge is 0.296 e. The molecule has 2 unspecified atom stereocenters. The lowest BCUT2D eigenvalue weighted by Crippen LogP contribution is -2.30. The molecule has 0 aliphatic rings. The minimum Gasteiger partial charge on any atom is -0.296 e. The van der Waals surface area contributed by atoms with Crippen molar-refractivity contribution in [3.05, 3.63) is 34.9 Å². The van der Waals surface area contributed by atoms with Crippen LogP contribution in [0.1, 0.15) is 18.4 Å². The Kier molecular flexibility index (Phi) is 4.49. The van der Waals surface area contributed by atoms with Gasteiger partial charge in [0.05, 0.1) is 6.07 Å². The molecule has 0 aliphatic carbocycles. The Morgan fingerprint density at radius 3 is 2.22 bits per heavy atom. The molecular formula is C12H12ClNO3S. The van der Waals surface area contributed by atoms with E-state index in [0.29, 0.717) is 10.6 Å². The summed E-state index contributed by atoms with van der Waals surface area (Å²) in [6, 6.07) is 8.03. The van der Waals surface area contributed by atoms with E-state index in [1.807, 2.05) is 6.07 Å². The van der Waals surface area contributed by atoms with Gasteiger partial charge in [0.2, 0.25) is 0 Å². The van der Waals surface area contributed by atoms with Crippen LogP contribution in [0.2, 0.25) is 5.02 Å². The highest BCUT2D eigenvalue weighted by Gasteiger charge is 2.31. The van der Waals surface area contributed by atoms with Crippen molar-refractivity contribution in [1.29, 1.82) is 5.26 Å². The van der Waals surface area contributed by atoms with E-state index >= 15 is 0 Å². The summed E-state index contributed by atoms with van der Waals surface area (Å²) >= 11 is 5.71. The molecule has 0 spiro atoms. The number of halogens is 1. The van der Waals surface area contributed by atoms with Gasteiger partial charge in [0.15, 0.2) is 15.6 Å². The number of carbonyl (C=O) groups is 1. The van der Waals surface area contributed by atoms with Crippen LogP contribution in [-0.2, 0) is 14.6 Å². The van der Waals surface area contributed by atoms with Crippen LogP contribution in [0.4, 0.5) is 0 Å². The Bertz CT molecular complexity index is 587. The molecule has 1 aromatic carbocycles. The molecule has 6 heteroatoms. The first-order chi connectivity index (χ1) is 8.27. The maximum absolute atomic E-state index is 12.0. The second-order valence-corrected chi connectivity index (χ2v) is 6.79. The first kappa shape index (κ1) is 14.7. The van der Waals surface area contributed by atoms with Gasteiger partial charge < -0.3 is 0 Å². The molecule has 0 fully saturated rings. The Morgan fingerprint density at radius 2 is 1.83 bits per heavy atom. The summed E-state index contributed by atoms with van der Waals surface area (Å²) in [4.78, 5) is 12.0. The molecule has 0 heterocycles. The highest BCUT2D eigenvalue weighted by molar-refractivity contribution is 7.92. The number of hydrogen-bond donors (Lipinski definition) is 0. The van der Waals surface area contributed by atoms with E-state index in [-0.39, 0.29) is 0 Å². The number of benzene rings is 1. The molecule has 0 amide bonds. The van der Waals surface area contributed by atoms with Crippen LogP contribution in [0.15, 0.2) is 24.3 Å². The number of nitriles is 1. The number of ketones is 1. The van der Waals surface area contributed by atoms with Gasteiger partial charge in [-0.05, 0) is 24.6 Å². The number of sulfone groups is 1. The number of carbonyl (C=O) groups excluding carboxylic acids is 1. The van der Waals surface area contributed by atoms with Crippen LogP contribution in [0.25, 0.3) is 0 Å². The number of nitrogens with zero attached hydrogens (tertiary/aromatic N) is 1. The van der Waals surface area contributed by atoms with Gasteiger partial charge in [-0.1, -0.05) is 23.7 Å². The van der Waals surface area contributed by atoms with E-state index in [4.69, 9.17) is 16.9 Å². The van der Waals surface area contributed by atoms with Gasteiger partial charge in [-0.2, -0.15) is 5.26 Å². The van der Waals surface area contributed by atoms with Crippen molar-refractivity contribution in [2.75, 3.05) is 6.26 Å². The molecule has 0 radical (unpaired) electrons. The molecule has 18 heavy (non-hydrogen) atoms. The third-order valence-electron chi connectivity index (χ3n) is 2.66. The SMILES string of the molecule is CC(C(=O)C(C#N)c1ccc(Cl)cc1)S(C)(=O)=O. The first-order valence-corrected chi connectivity index (χ1v) is 7.48. The van der Waals surface area contributed by atoms with Gasteiger partial charge in [0, 0.05) is 11.3 Å². The van der Waals surface area contributed by atoms with E-state index in [9.17, 15) is 13.2 Å². The predicted molar refractivity (Wildman–Crippen MR) is 69.1 cm³/mol. The monoisotopic (exact) mass is 285 g/mol. The molecular weight excluding hydrogens is 274 g/mol. The van der Waals surface area contributed by atoms with Crippen molar-refractivity contribution in [2.24, 2.45) is 0 Å². The topological polar surface area (TPSA) is 75.0 Å². The minimum absolute atomic E-state index is 0.447. The van der Waals surface area contributed by atoms with Gasteiger partial charge in [0.25, 0.3) is 0 Å². The van der Waals surface area contributed by atoms with E-state index in [1.165, 1.54) is 6.92 Å². The number of rotatable bonds is 4. The lowest BCUT2D eigenvalue weighted by atomic mass is 9.95. The molecule has 0 N–H and O–H groups in total. The summed E-state index contributed by atoms with van der Waals surface area (Å²) in [5.74, 6) is -1.71. The molecule has 96 valence electrons. The lowest BCUT2D eigenvalue weighted by molar-refractivity contribution is -0.118. The van der Waals surface area contributed by atoms with Crippen molar-refractivity contribution in [2.45, 2.75) is 18.1 Å². The van der Waals surface area contributed by atoms with Crippen LogP contribution in [0.5, 0.6) is 0 Å². The van der Waals surface area contributed by atoms with Gasteiger partial charge in [-0.25, -0.2) is 8.42 Å². The second-order valence-electron chi connectivity index (χ2n) is 3.99. The van der Waals surface area contributed by atoms with Crippen molar-refractivity contribution in [3.63, 3.8) is 0 Å². The fraction of sp³-hybridized carbons (Fsp3) is 0.333. The highest BCUT2D eigenvalue weighted by Crippen LogP contribution is 2.21. The summed E-state index contributed by atoms with van der Waals surface area (Å²) in [6.07, 6.45) is 0.978. The zero-order chi connectivity index (χ0) is 13.9. The Morgan fingerprint density at radius 1 is 1.33 bits per heavy atom. The second kappa shape index (κ2) is 5.51. The molecule has 0 aliphatic heterocycles. The normalized spacial score (nSPS) is 14.6. The predicted octanol–water partition coefficient (Wildman–Crippen LogP) is 1.95. The zero-order valence-electron chi connectivity index (χ0n) is 9.92. The van der Waals surface area contributed by atoms with Crippen molar-refractivity contribution in [1.82, 2.24) is 0 Å². The van der Waals surface area contributed by atoms with Crippen LogP contribution >= 0.6 is 11.6 Å². The number of hydrogen-bond acceptors (Lipinski definition) is 4. The summed E-state index contributed by atoms with van der Waals surface area (Å²) in [6.45, 7) is 1.29. The van der Waals surface area contributed by atoms with Crippen molar-refractivity contribution >= 4 is 27.2 Å². The zero-order valence-corrected chi connectivity index (χ0v) is 11.5. The average molecular weight is 286 g/mol. The van der Waals surface area contributed by atoms with Gasteiger partial charge in [0.1, 0.15) is 11.2 Å². The van der Waals surface area contributed by atoms with E-state index < -0.39 is 26.8 Å². The van der Waals surface area contributed by atoms with Gasteiger partial charge in [-0.3, -0.25) is 4.79 Å². The third-order valence-corrected chi connectivity index (χ3v) is 4.43. The van der Waals surface area contributed by atoms with Crippen molar-refractivity contribution < 1.29 is 13.2 Å². The molecule has 0 saturated heterocycles.